The molecule has 2 rings (SSSR count). The minimum absolute atomic E-state index is 0.348. The lowest BCUT2D eigenvalue weighted by molar-refractivity contribution is -0.304. The molecular weight excluding hydrogens is 310 g/mol. The molecule has 1 saturated heterocycles. The van der Waals surface area contributed by atoms with Gasteiger partial charge in [-0.15, -0.1) is 0 Å². The fraction of sp³-hybridized carbons (Fsp3) is 1.00. The summed E-state index contributed by atoms with van der Waals surface area (Å²) in [6, 6.07) is -2.11. The summed E-state index contributed by atoms with van der Waals surface area (Å²) < 4.78 is 16.1. The Hall–Kier alpha value is -0.400. The number of hydrogen-bond donors (Lipinski definition) is 7. The van der Waals surface area contributed by atoms with Crippen LogP contribution in [-0.4, -0.2) is 95.2 Å². The normalized spacial score (nSPS) is 51.7. The van der Waals surface area contributed by atoms with Crippen molar-refractivity contribution in [3.8, 4) is 0 Å². The number of nitrogens with two attached hydrogens (primary N) is 3. The predicted molar refractivity (Wildman–Crippen MR) is 78.0 cm³/mol. The molecule has 1 unspecified atom stereocenters. The molecule has 10 heteroatoms. The quantitative estimate of drug-likeness (QED) is 0.264. The predicted octanol–water partition coefficient (Wildman–Crippen LogP) is -4.43. The highest BCUT2D eigenvalue weighted by Gasteiger charge is 2.48. The minimum Gasteiger partial charge on any atom is -0.394 e. The van der Waals surface area contributed by atoms with Crippen molar-refractivity contribution < 1.29 is 34.6 Å². The van der Waals surface area contributed by atoms with E-state index in [4.69, 9.17) is 31.4 Å². The fourth-order valence-electron chi connectivity index (χ4n) is 3.15. The third kappa shape index (κ3) is 3.66. The summed E-state index contributed by atoms with van der Waals surface area (Å²) in [7, 11) is 1.42. The van der Waals surface area contributed by atoms with Gasteiger partial charge in [0.25, 0.3) is 0 Å². The van der Waals surface area contributed by atoms with Gasteiger partial charge in [-0.3, -0.25) is 0 Å². The lowest BCUT2D eigenvalue weighted by atomic mass is 9.84. The average molecular weight is 337 g/mol. The number of hydrogen-bond acceptors (Lipinski definition) is 10. The lowest BCUT2D eigenvalue weighted by Gasteiger charge is -2.46. The van der Waals surface area contributed by atoms with Gasteiger partial charge in [0.15, 0.2) is 6.29 Å². The molecule has 0 spiro atoms. The molecule has 0 aromatic heterocycles. The largest absolute Gasteiger partial charge is 0.394 e. The Bertz CT molecular complexity index is 389. The molecule has 2 fully saturated rings. The van der Waals surface area contributed by atoms with Crippen LogP contribution < -0.4 is 17.2 Å². The van der Waals surface area contributed by atoms with Crippen LogP contribution in [0.15, 0.2) is 0 Å². The van der Waals surface area contributed by atoms with Crippen LogP contribution in [0.1, 0.15) is 6.42 Å². The summed E-state index contributed by atoms with van der Waals surface area (Å²) >= 11 is 0. The van der Waals surface area contributed by atoms with Gasteiger partial charge in [0, 0.05) is 19.2 Å². The van der Waals surface area contributed by atoms with E-state index in [1.807, 2.05) is 0 Å². The van der Waals surface area contributed by atoms with Crippen molar-refractivity contribution in [1.29, 1.82) is 0 Å². The zero-order valence-electron chi connectivity index (χ0n) is 12.9. The van der Waals surface area contributed by atoms with Gasteiger partial charge in [-0.1, -0.05) is 0 Å². The first-order valence-electron chi connectivity index (χ1n) is 7.57. The molecule has 1 aliphatic heterocycles. The molecule has 2 aliphatic rings. The first-order chi connectivity index (χ1) is 10.8. The van der Waals surface area contributed by atoms with Crippen LogP contribution in [0.4, 0.5) is 0 Å². The monoisotopic (exact) mass is 337 g/mol. The Balaban J connectivity index is 2.10. The van der Waals surface area contributed by atoms with E-state index in [1.54, 1.807) is 0 Å². The van der Waals surface area contributed by atoms with Gasteiger partial charge >= 0.3 is 0 Å². The van der Waals surface area contributed by atoms with Crippen LogP contribution >= 0.6 is 0 Å². The third-order valence-electron chi connectivity index (χ3n) is 4.56. The van der Waals surface area contributed by atoms with Gasteiger partial charge in [0.2, 0.25) is 0 Å². The zero-order valence-corrected chi connectivity index (χ0v) is 12.9. The number of aliphatic hydroxyl groups excluding tert-OH is 4. The van der Waals surface area contributed by atoms with Crippen molar-refractivity contribution >= 4 is 0 Å². The Kier molecular flexibility index (Phi) is 6.30. The second-order valence-corrected chi connectivity index (χ2v) is 6.14. The molecule has 10 N–H and O–H groups in total. The molecule has 1 saturated carbocycles. The molecule has 10 atom stereocenters. The smallest absolute Gasteiger partial charge is 0.186 e. The summed E-state index contributed by atoms with van der Waals surface area (Å²) in [5, 5.41) is 39.5. The molecule has 23 heavy (non-hydrogen) atoms. The maximum absolute atomic E-state index is 10.4. The van der Waals surface area contributed by atoms with E-state index < -0.39 is 67.6 Å². The number of methoxy groups -OCH3 is 1. The molecule has 0 bridgehead atoms. The van der Waals surface area contributed by atoms with E-state index in [2.05, 4.69) is 0 Å². The van der Waals surface area contributed by atoms with Crippen LogP contribution in [0.25, 0.3) is 0 Å². The summed E-state index contributed by atoms with van der Waals surface area (Å²) in [4.78, 5) is 0. The number of ether oxygens (including phenoxy) is 3. The van der Waals surface area contributed by atoms with Gasteiger partial charge in [-0.05, 0) is 6.42 Å². The van der Waals surface area contributed by atoms with Crippen molar-refractivity contribution in [2.45, 2.75) is 67.5 Å². The van der Waals surface area contributed by atoms with E-state index in [9.17, 15) is 20.4 Å². The molecule has 0 aromatic rings. The first-order valence-corrected chi connectivity index (χ1v) is 7.57. The topological polar surface area (TPSA) is 187 Å². The zero-order chi connectivity index (χ0) is 17.3. The minimum atomic E-state index is -1.34. The second kappa shape index (κ2) is 7.66. The van der Waals surface area contributed by atoms with E-state index >= 15 is 0 Å². The van der Waals surface area contributed by atoms with Gasteiger partial charge in [-0.25, -0.2) is 0 Å². The fourth-order valence-corrected chi connectivity index (χ4v) is 3.15. The van der Waals surface area contributed by atoms with Crippen LogP contribution in [0.3, 0.4) is 0 Å². The molecule has 0 radical (unpaired) electrons. The highest BCUT2D eigenvalue weighted by Crippen LogP contribution is 2.28. The Labute approximate surface area is 134 Å². The molecule has 0 aromatic carbocycles. The van der Waals surface area contributed by atoms with E-state index in [1.165, 1.54) is 7.11 Å². The van der Waals surface area contributed by atoms with Gasteiger partial charge in [-0.2, -0.15) is 0 Å². The first kappa shape index (κ1) is 18.9. The van der Waals surface area contributed by atoms with Crippen molar-refractivity contribution in [3.05, 3.63) is 0 Å². The standard InChI is InChI=1S/C13H27N3O7/c1-21-11-4(14)2-5(15)12(10(11)20)23-13-9(19)7(16)8(18)6(3-17)22-13/h4-13,17-20H,2-3,14-16H2,1H3/t4-,5+,6+,7-,8+,9+,10-,11?,12-,13+/m0/s1. The van der Waals surface area contributed by atoms with Crippen molar-refractivity contribution in [1.82, 2.24) is 0 Å². The number of rotatable bonds is 4. The van der Waals surface area contributed by atoms with Crippen LogP contribution in [0.5, 0.6) is 0 Å². The molecule has 1 heterocycles. The lowest BCUT2D eigenvalue weighted by Crippen LogP contribution is -2.67. The van der Waals surface area contributed by atoms with Crippen LogP contribution in [0.2, 0.25) is 0 Å². The molecule has 136 valence electrons. The van der Waals surface area contributed by atoms with Crippen molar-refractivity contribution in [3.63, 3.8) is 0 Å². The Morgan fingerprint density at radius 1 is 1.00 bits per heavy atom. The average Bonchev–Trinajstić information content (AvgIpc) is 2.51. The SMILES string of the molecule is COC1[C@@H](N)C[C@@H](N)[C@H](O[C@H]2O[C@H](CO)[C@@H](O)[C@H](N)[C@H]2O)[C@H]1O. The summed E-state index contributed by atoms with van der Waals surface area (Å²) in [6.45, 7) is -0.494. The maximum atomic E-state index is 10.4. The van der Waals surface area contributed by atoms with E-state index in [-0.39, 0.29) is 0 Å². The highest BCUT2D eigenvalue weighted by molar-refractivity contribution is 5.00. The van der Waals surface area contributed by atoms with Crippen LogP contribution in [-0.2, 0) is 14.2 Å². The summed E-state index contributed by atoms with van der Waals surface area (Å²) in [5.41, 5.74) is 17.6. The molecule has 10 nitrogen and oxygen atoms in total. The third-order valence-corrected chi connectivity index (χ3v) is 4.56. The molecule has 0 amide bonds. The van der Waals surface area contributed by atoms with E-state index in [0.29, 0.717) is 6.42 Å². The van der Waals surface area contributed by atoms with E-state index in [0.717, 1.165) is 0 Å². The van der Waals surface area contributed by atoms with Crippen LogP contribution in [0, 0.1) is 0 Å². The van der Waals surface area contributed by atoms with Gasteiger partial charge in [0.1, 0.15) is 36.6 Å². The van der Waals surface area contributed by atoms with Crippen molar-refractivity contribution in [2.75, 3.05) is 13.7 Å². The molecular formula is C13H27N3O7. The highest BCUT2D eigenvalue weighted by atomic mass is 16.7. The summed E-state index contributed by atoms with van der Waals surface area (Å²) in [5.74, 6) is 0. The van der Waals surface area contributed by atoms with Gasteiger partial charge in [0.05, 0.1) is 12.6 Å². The Morgan fingerprint density at radius 3 is 2.17 bits per heavy atom. The van der Waals surface area contributed by atoms with Crippen molar-refractivity contribution in [2.24, 2.45) is 17.2 Å². The Morgan fingerprint density at radius 2 is 1.61 bits per heavy atom. The maximum Gasteiger partial charge on any atom is 0.186 e. The second-order valence-electron chi connectivity index (χ2n) is 6.14. The van der Waals surface area contributed by atoms with Gasteiger partial charge < -0.3 is 51.8 Å². The summed E-state index contributed by atoms with van der Waals surface area (Å²) in [6.07, 6.45) is -7.18. The number of aliphatic hydroxyl groups is 4. The molecule has 1 aliphatic carbocycles.